The zero-order chi connectivity index (χ0) is 23.7. The molecule has 1 amide bonds. The molecule has 0 saturated carbocycles. The van der Waals surface area contributed by atoms with Gasteiger partial charge in [-0.3, -0.25) is 9.78 Å². The molecular weight excluding hydrogens is 452 g/mol. The quantitative estimate of drug-likeness (QED) is 0.427. The number of para-hydroxylation sites is 2. The monoisotopic (exact) mass is 472 g/mol. The smallest absolute Gasteiger partial charge is 0.255 e. The van der Waals surface area contributed by atoms with Crippen LogP contribution in [-0.4, -0.2) is 32.8 Å². The number of pyridine rings is 1. The normalized spacial score (nSPS) is 14.9. The number of nitrogens with one attached hydrogen (secondary N) is 2. The first kappa shape index (κ1) is 21.7. The highest BCUT2D eigenvalue weighted by atomic mass is 35.5. The van der Waals surface area contributed by atoms with Crippen LogP contribution in [0.15, 0.2) is 84.3 Å². The Labute approximate surface area is 201 Å². The third-order valence-corrected chi connectivity index (χ3v) is 5.83. The van der Waals surface area contributed by atoms with Crippen LogP contribution in [0.4, 0.5) is 11.6 Å². The Morgan fingerprint density at radius 3 is 2.56 bits per heavy atom. The Kier molecular flexibility index (Phi) is 5.73. The van der Waals surface area contributed by atoms with E-state index in [1.54, 1.807) is 48.5 Å². The predicted octanol–water partition coefficient (Wildman–Crippen LogP) is 4.93. The lowest BCUT2D eigenvalue weighted by Crippen LogP contribution is -2.31. The molecule has 4 aromatic rings. The Balaban J connectivity index is 1.60. The summed E-state index contributed by atoms with van der Waals surface area (Å²) >= 11 is 6.15. The second-order valence-corrected chi connectivity index (χ2v) is 8.15. The number of benzene rings is 2. The van der Waals surface area contributed by atoms with Gasteiger partial charge in [0.2, 0.25) is 5.95 Å². The van der Waals surface area contributed by atoms with Crippen LogP contribution in [-0.2, 0) is 4.79 Å². The van der Waals surface area contributed by atoms with E-state index in [1.807, 2.05) is 43.3 Å². The molecule has 2 aromatic heterocycles. The van der Waals surface area contributed by atoms with Crippen molar-refractivity contribution in [3.63, 3.8) is 0 Å². The summed E-state index contributed by atoms with van der Waals surface area (Å²) in [5, 5.41) is 11.6. The second-order valence-electron chi connectivity index (χ2n) is 7.71. The summed E-state index contributed by atoms with van der Waals surface area (Å²) in [5.74, 6) is 1.37. The summed E-state index contributed by atoms with van der Waals surface area (Å²) in [6.45, 7) is 1.85. The summed E-state index contributed by atoms with van der Waals surface area (Å²) < 4.78 is 7.13. The molecule has 0 spiro atoms. The second kappa shape index (κ2) is 8.99. The number of hydrogen-bond acceptors (Lipinski definition) is 6. The first-order valence-corrected chi connectivity index (χ1v) is 11.0. The van der Waals surface area contributed by atoms with Crippen molar-refractivity contribution < 1.29 is 9.53 Å². The van der Waals surface area contributed by atoms with Crippen molar-refractivity contribution in [1.82, 2.24) is 19.7 Å². The first-order valence-electron chi connectivity index (χ1n) is 10.6. The average molecular weight is 473 g/mol. The van der Waals surface area contributed by atoms with Gasteiger partial charge in [0.05, 0.1) is 18.4 Å². The summed E-state index contributed by atoms with van der Waals surface area (Å²) in [6, 6.07) is 17.8. The van der Waals surface area contributed by atoms with Crippen LogP contribution in [0.2, 0.25) is 5.02 Å². The van der Waals surface area contributed by atoms with Crippen molar-refractivity contribution in [1.29, 1.82) is 0 Å². The van der Waals surface area contributed by atoms with E-state index in [-0.39, 0.29) is 5.91 Å². The zero-order valence-corrected chi connectivity index (χ0v) is 19.2. The number of anilines is 2. The van der Waals surface area contributed by atoms with E-state index >= 15 is 0 Å². The van der Waals surface area contributed by atoms with Gasteiger partial charge in [0, 0.05) is 28.7 Å². The molecule has 0 fully saturated rings. The van der Waals surface area contributed by atoms with E-state index in [1.165, 1.54) is 0 Å². The minimum absolute atomic E-state index is 0.277. The van der Waals surface area contributed by atoms with Gasteiger partial charge < -0.3 is 15.4 Å². The molecular formula is C25H21ClN6O2. The number of carbonyl (C=O) groups is 1. The number of methoxy groups -OCH3 is 1. The van der Waals surface area contributed by atoms with Crippen LogP contribution >= 0.6 is 11.6 Å². The molecule has 0 bridgehead atoms. The minimum Gasteiger partial charge on any atom is -0.495 e. The van der Waals surface area contributed by atoms with E-state index < -0.39 is 6.04 Å². The summed E-state index contributed by atoms with van der Waals surface area (Å²) in [7, 11) is 1.57. The van der Waals surface area contributed by atoms with Gasteiger partial charge in [-0.25, -0.2) is 4.68 Å². The topological polar surface area (TPSA) is 94.0 Å². The summed E-state index contributed by atoms with van der Waals surface area (Å²) in [6.07, 6.45) is 3.38. The predicted molar refractivity (Wildman–Crippen MR) is 131 cm³/mol. The number of fused-ring (bicyclic) bond motifs is 1. The van der Waals surface area contributed by atoms with Crippen molar-refractivity contribution in [3.05, 3.63) is 94.9 Å². The maximum absolute atomic E-state index is 13.6. The molecule has 1 aliphatic heterocycles. The van der Waals surface area contributed by atoms with Gasteiger partial charge in [0.1, 0.15) is 11.8 Å². The zero-order valence-electron chi connectivity index (χ0n) is 18.5. The molecule has 8 nitrogen and oxygen atoms in total. The first-order chi connectivity index (χ1) is 16.5. The fourth-order valence-electron chi connectivity index (χ4n) is 3.96. The number of halogens is 1. The minimum atomic E-state index is -0.522. The van der Waals surface area contributed by atoms with Crippen LogP contribution in [0.3, 0.4) is 0 Å². The number of carbonyl (C=O) groups excluding carboxylic acids is 1. The molecule has 2 aromatic carbocycles. The van der Waals surface area contributed by atoms with Crippen LogP contribution in [0.5, 0.6) is 5.75 Å². The largest absolute Gasteiger partial charge is 0.495 e. The van der Waals surface area contributed by atoms with E-state index in [0.717, 1.165) is 11.1 Å². The Hall–Kier alpha value is -4.17. The van der Waals surface area contributed by atoms with Crippen LogP contribution < -0.4 is 15.4 Å². The van der Waals surface area contributed by atoms with E-state index in [9.17, 15) is 4.79 Å². The van der Waals surface area contributed by atoms with Gasteiger partial charge in [-0.2, -0.15) is 4.98 Å². The fraction of sp³-hybridized carbons (Fsp3) is 0.120. The number of hydrogen-bond donors (Lipinski definition) is 2. The highest BCUT2D eigenvalue weighted by molar-refractivity contribution is 6.30. The molecule has 170 valence electrons. The maximum atomic E-state index is 13.6. The molecule has 34 heavy (non-hydrogen) atoms. The van der Waals surface area contributed by atoms with Crippen molar-refractivity contribution in [2.45, 2.75) is 13.0 Å². The van der Waals surface area contributed by atoms with E-state index in [0.29, 0.717) is 39.5 Å². The summed E-state index contributed by atoms with van der Waals surface area (Å²) in [4.78, 5) is 22.4. The highest BCUT2D eigenvalue weighted by Gasteiger charge is 2.34. The molecule has 0 radical (unpaired) electrons. The lowest BCUT2D eigenvalue weighted by atomic mass is 9.95. The number of ether oxygens (including phenoxy) is 1. The van der Waals surface area contributed by atoms with Gasteiger partial charge in [-0.1, -0.05) is 35.9 Å². The molecule has 1 aliphatic rings. The molecule has 0 saturated heterocycles. The highest BCUT2D eigenvalue weighted by Crippen LogP contribution is 2.37. The lowest BCUT2D eigenvalue weighted by Gasteiger charge is -2.28. The maximum Gasteiger partial charge on any atom is 0.255 e. The van der Waals surface area contributed by atoms with Crippen molar-refractivity contribution in [2.75, 3.05) is 17.7 Å². The molecule has 0 unspecified atom stereocenters. The fourth-order valence-corrected chi connectivity index (χ4v) is 4.09. The molecule has 2 N–H and O–H groups in total. The molecule has 9 heteroatoms. The molecule has 0 aliphatic carbocycles. The molecule has 5 rings (SSSR count). The number of allylic oxidation sites excluding steroid dienone is 1. The average Bonchev–Trinajstić information content (AvgIpc) is 3.28. The van der Waals surface area contributed by atoms with Gasteiger partial charge in [0.15, 0.2) is 5.82 Å². The molecule has 3 heterocycles. The van der Waals surface area contributed by atoms with Gasteiger partial charge in [0.25, 0.3) is 5.91 Å². The van der Waals surface area contributed by atoms with Crippen LogP contribution in [0, 0.1) is 0 Å². The van der Waals surface area contributed by atoms with Gasteiger partial charge in [-0.15, -0.1) is 5.10 Å². The van der Waals surface area contributed by atoms with Gasteiger partial charge in [-0.05, 0) is 48.9 Å². The van der Waals surface area contributed by atoms with Gasteiger partial charge >= 0.3 is 0 Å². The number of nitrogens with zero attached hydrogens (tertiary/aromatic N) is 4. The number of amides is 1. The molecule has 1 atom stereocenters. The van der Waals surface area contributed by atoms with E-state index in [2.05, 4.69) is 20.6 Å². The Morgan fingerprint density at radius 2 is 1.82 bits per heavy atom. The third kappa shape index (κ3) is 3.99. The standard InChI is InChI=1S/C25H21ClN6O2/c1-15-21(24(33)29-19-5-3-4-6-20(19)34-2)22(16-7-9-18(26)10-8-16)32-25(28-15)30-23(31-32)17-11-13-27-14-12-17/h3-14,22H,1-2H3,(H,29,33)(H,28,30,31)/t22-/m0/s1. The third-order valence-electron chi connectivity index (χ3n) is 5.58. The van der Waals surface area contributed by atoms with Crippen molar-refractivity contribution in [2.24, 2.45) is 0 Å². The van der Waals surface area contributed by atoms with Crippen molar-refractivity contribution in [3.8, 4) is 17.1 Å². The summed E-state index contributed by atoms with van der Waals surface area (Å²) in [5.41, 5.74) is 3.43. The van der Waals surface area contributed by atoms with Crippen LogP contribution in [0.25, 0.3) is 11.4 Å². The number of aromatic nitrogens is 4. The number of rotatable bonds is 5. The van der Waals surface area contributed by atoms with E-state index in [4.69, 9.17) is 21.4 Å². The van der Waals surface area contributed by atoms with Crippen LogP contribution in [0.1, 0.15) is 18.5 Å². The van der Waals surface area contributed by atoms with Crippen molar-refractivity contribution >= 4 is 29.1 Å². The SMILES string of the molecule is COc1ccccc1NC(=O)C1=C(C)Nc2nc(-c3ccncc3)nn2[C@H]1c1ccc(Cl)cc1. The Bertz CT molecular complexity index is 1380. The Morgan fingerprint density at radius 1 is 1.09 bits per heavy atom. The lowest BCUT2D eigenvalue weighted by molar-refractivity contribution is -0.113.